The molecule has 0 radical (unpaired) electrons. The predicted molar refractivity (Wildman–Crippen MR) is 109 cm³/mol. The molecule has 0 spiro atoms. The second kappa shape index (κ2) is 8.84. The first-order chi connectivity index (χ1) is 13.5. The molecule has 0 fully saturated rings. The molecular formula is C21H22N2O4S. The number of ether oxygens (including phenoxy) is 2. The number of aryl methyl sites for hydroxylation is 2. The lowest BCUT2D eigenvalue weighted by Gasteiger charge is -2.06. The summed E-state index contributed by atoms with van der Waals surface area (Å²) in [6.07, 6.45) is 0.206. The third-order valence-electron chi connectivity index (χ3n) is 4.20. The number of nitrogens with zero attached hydrogens (tertiary/aromatic N) is 2. The molecule has 7 heteroatoms. The van der Waals surface area contributed by atoms with Crippen molar-refractivity contribution in [3.63, 3.8) is 0 Å². The standard InChI is InChI=1S/C21H22N2O4S/c1-4-27-19(24)10-11-23-17-9-8-16(26-3)13-18(17)28-21(23)22-20(25)15-7-5-6-14(2)12-15/h5-9,12-13H,4,10-11H2,1-3H3. The van der Waals surface area contributed by atoms with Gasteiger partial charge in [0.2, 0.25) is 0 Å². The maximum Gasteiger partial charge on any atom is 0.307 e. The van der Waals surface area contributed by atoms with Crippen molar-refractivity contribution in [2.75, 3.05) is 13.7 Å². The van der Waals surface area contributed by atoms with Crippen LogP contribution >= 0.6 is 11.3 Å². The van der Waals surface area contributed by atoms with Crippen molar-refractivity contribution >= 4 is 33.4 Å². The van der Waals surface area contributed by atoms with Gasteiger partial charge in [-0.15, -0.1) is 0 Å². The van der Waals surface area contributed by atoms with Crippen molar-refractivity contribution in [2.45, 2.75) is 26.8 Å². The highest BCUT2D eigenvalue weighted by Gasteiger charge is 2.12. The van der Waals surface area contributed by atoms with Crippen molar-refractivity contribution in [1.29, 1.82) is 0 Å². The molecule has 0 bridgehead atoms. The number of thiazole rings is 1. The number of esters is 1. The van der Waals surface area contributed by atoms with Crippen molar-refractivity contribution < 1.29 is 19.1 Å². The highest BCUT2D eigenvalue weighted by molar-refractivity contribution is 7.16. The Morgan fingerprint density at radius 1 is 1.18 bits per heavy atom. The van der Waals surface area contributed by atoms with Crippen LogP contribution in [-0.4, -0.2) is 30.2 Å². The second-order valence-electron chi connectivity index (χ2n) is 6.21. The number of hydrogen-bond donors (Lipinski definition) is 0. The minimum Gasteiger partial charge on any atom is -0.497 e. The van der Waals surface area contributed by atoms with Crippen LogP contribution in [0.4, 0.5) is 0 Å². The lowest BCUT2D eigenvalue weighted by Crippen LogP contribution is -2.19. The zero-order valence-corrected chi connectivity index (χ0v) is 16.9. The summed E-state index contributed by atoms with van der Waals surface area (Å²) in [6.45, 7) is 4.43. The first kappa shape index (κ1) is 19.8. The van der Waals surface area contributed by atoms with Gasteiger partial charge in [0.15, 0.2) is 4.80 Å². The lowest BCUT2D eigenvalue weighted by molar-refractivity contribution is -0.143. The molecule has 0 aliphatic carbocycles. The number of carbonyl (C=O) groups is 2. The van der Waals surface area contributed by atoms with E-state index in [0.29, 0.717) is 23.5 Å². The molecule has 0 unspecified atom stereocenters. The van der Waals surface area contributed by atoms with E-state index in [1.165, 1.54) is 11.3 Å². The third-order valence-corrected chi connectivity index (χ3v) is 5.24. The largest absolute Gasteiger partial charge is 0.497 e. The van der Waals surface area contributed by atoms with Crippen LogP contribution in [0.2, 0.25) is 0 Å². The van der Waals surface area contributed by atoms with Crippen LogP contribution in [0.15, 0.2) is 47.5 Å². The molecule has 0 aliphatic heterocycles. The van der Waals surface area contributed by atoms with Crippen LogP contribution in [-0.2, 0) is 16.1 Å². The van der Waals surface area contributed by atoms with E-state index in [1.807, 2.05) is 47.9 Å². The van der Waals surface area contributed by atoms with Gasteiger partial charge in [0, 0.05) is 12.1 Å². The predicted octanol–water partition coefficient (Wildman–Crippen LogP) is 3.71. The summed E-state index contributed by atoms with van der Waals surface area (Å²) < 4.78 is 13.1. The normalized spacial score (nSPS) is 11.6. The summed E-state index contributed by atoms with van der Waals surface area (Å²) in [6, 6.07) is 13.0. The number of methoxy groups -OCH3 is 1. The van der Waals surface area contributed by atoms with Gasteiger partial charge in [-0.25, -0.2) is 0 Å². The zero-order valence-electron chi connectivity index (χ0n) is 16.1. The van der Waals surface area contributed by atoms with Gasteiger partial charge in [0.25, 0.3) is 5.91 Å². The fraction of sp³-hybridized carbons (Fsp3) is 0.286. The van der Waals surface area contributed by atoms with Gasteiger partial charge in [-0.2, -0.15) is 4.99 Å². The molecule has 1 aromatic heterocycles. The number of aromatic nitrogens is 1. The third kappa shape index (κ3) is 4.48. The monoisotopic (exact) mass is 398 g/mol. The highest BCUT2D eigenvalue weighted by Crippen LogP contribution is 2.23. The molecule has 3 aromatic rings. The van der Waals surface area contributed by atoms with Crippen LogP contribution in [0, 0.1) is 6.92 Å². The molecular weight excluding hydrogens is 376 g/mol. The minimum absolute atomic E-state index is 0.206. The average molecular weight is 398 g/mol. The number of amides is 1. The van der Waals surface area contributed by atoms with Gasteiger partial charge in [0.05, 0.1) is 30.4 Å². The molecule has 28 heavy (non-hydrogen) atoms. The fourth-order valence-corrected chi connectivity index (χ4v) is 3.93. The lowest BCUT2D eigenvalue weighted by atomic mass is 10.1. The van der Waals surface area contributed by atoms with Gasteiger partial charge in [-0.05, 0) is 44.2 Å². The zero-order chi connectivity index (χ0) is 20.1. The summed E-state index contributed by atoms with van der Waals surface area (Å²) in [5.74, 6) is 0.133. The maximum absolute atomic E-state index is 12.7. The summed E-state index contributed by atoms with van der Waals surface area (Å²) in [5.41, 5.74) is 2.43. The Morgan fingerprint density at radius 2 is 2.00 bits per heavy atom. The maximum atomic E-state index is 12.7. The van der Waals surface area contributed by atoms with E-state index in [9.17, 15) is 9.59 Å². The number of fused-ring (bicyclic) bond motifs is 1. The summed E-state index contributed by atoms with van der Waals surface area (Å²) in [4.78, 5) is 29.4. The Hall–Kier alpha value is -2.93. The van der Waals surface area contributed by atoms with E-state index < -0.39 is 0 Å². The number of rotatable bonds is 6. The Labute approximate surface area is 167 Å². The SMILES string of the molecule is CCOC(=O)CCn1c(=NC(=O)c2cccc(C)c2)sc2cc(OC)ccc21. The average Bonchev–Trinajstić information content (AvgIpc) is 3.02. The molecule has 0 saturated heterocycles. The molecule has 1 amide bonds. The van der Waals surface area contributed by atoms with Gasteiger partial charge in [-0.3, -0.25) is 9.59 Å². The van der Waals surface area contributed by atoms with E-state index >= 15 is 0 Å². The van der Waals surface area contributed by atoms with Crippen molar-refractivity contribution in [2.24, 2.45) is 4.99 Å². The van der Waals surface area contributed by atoms with E-state index in [-0.39, 0.29) is 18.3 Å². The number of benzene rings is 2. The van der Waals surface area contributed by atoms with Crippen LogP contribution < -0.4 is 9.54 Å². The smallest absolute Gasteiger partial charge is 0.307 e. The Balaban J connectivity index is 2.04. The minimum atomic E-state index is -0.313. The molecule has 1 heterocycles. The van der Waals surface area contributed by atoms with Gasteiger partial charge < -0.3 is 14.0 Å². The summed E-state index contributed by atoms with van der Waals surface area (Å²) in [5, 5.41) is 0. The molecule has 0 atom stereocenters. The Bertz CT molecular complexity index is 1080. The summed E-state index contributed by atoms with van der Waals surface area (Å²) in [7, 11) is 1.61. The molecule has 6 nitrogen and oxygen atoms in total. The van der Waals surface area contributed by atoms with E-state index in [1.54, 1.807) is 20.1 Å². The molecule has 0 aliphatic rings. The van der Waals surface area contributed by atoms with E-state index in [4.69, 9.17) is 9.47 Å². The van der Waals surface area contributed by atoms with E-state index in [2.05, 4.69) is 4.99 Å². The number of carbonyl (C=O) groups excluding carboxylic acids is 2. The van der Waals surface area contributed by atoms with Crippen LogP contribution in [0.3, 0.4) is 0 Å². The second-order valence-corrected chi connectivity index (χ2v) is 7.22. The molecule has 0 saturated carbocycles. The fourth-order valence-electron chi connectivity index (χ4n) is 2.85. The number of hydrogen-bond acceptors (Lipinski definition) is 5. The van der Waals surface area contributed by atoms with Gasteiger partial charge in [-0.1, -0.05) is 29.0 Å². The molecule has 0 N–H and O–H groups in total. The molecule has 3 rings (SSSR count). The first-order valence-corrected chi connectivity index (χ1v) is 9.82. The Kier molecular flexibility index (Phi) is 6.26. The Morgan fingerprint density at radius 3 is 2.71 bits per heavy atom. The molecule has 2 aromatic carbocycles. The highest BCUT2D eigenvalue weighted by atomic mass is 32.1. The van der Waals surface area contributed by atoms with Crippen molar-refractivity contribution in [3.8, 4) is 5.75 Å². The van der Waals surface area contributed by atoms with E-state index in [0.717, 1.165) is 21.5 Å². The first-order valence-electron chi connectivity index (χ1n) is 9.00. The van der Waals surface area contributed by atoms with Crippen molar-refractivity contribution in [1.82, 2.24) is 4.57 Å². The topological polar surface area (TPSA) is 69.9 Å². The quantitative estimate of drug-likeness (QED) is 0.594. The molecule has 146 valence electrons. The van der Waals surface area contributed by atoms with Crippen LogP contribution in [0.25, 0.3) is 10.2 Å². The van der Waals surface area contributed by atoms with Gasteiger partial charge in [0.1, 0.15) is 5.75 Å². The van der Waals surface area contributed by atoms with Gasteiger partial charge >= 0.3 is 5.97 Å². The van der Waals surface area contributed by atoms with Crippen LogP contribution in [0.5, 0.6) is 5.75 Å². The van der Waals surface area contributed by atoms with Crippen molar-refractivity contribution in [3.05, 3.63) is 58.4 Å². The van der Waals surface area contributed by atoms with Crippen LogP contribution in [0.1, 0.15) is 29.3 Å². The summed E-state index contributed by atoms with van der Waals surface area (Å²) >= 11 is 1.39.